The van der Waals surface area contributed by atoms with Gasteiger partial charge in [-0.3, -0.25) is 14.4 Å². The number of H-pyrrole nitrogens is 1. The minimum Gasteiger partial charge on any atom is -0.343 e. The van der Waals surface area contributed by atoms with Gasteiger partial charge < -0.3 is 10.2 Å². The molecule has 0 saturated carbocycles. The van der Waals surface area contributed by atoms with Crippen molar-refractivity contribution < 1.29 is 22.4 Å². The van der Waals surface area contributed by atoms with Gasteiger partial charge in [0, 0.05) is 35.3 Å². The van der Waals surface area contributed by atoms with Gasteiger partial charge in [0.1, 0.15) is 5.83 Å². The molecule has 2 N–H and O–H groups in total. The summed E-state index contributed by atoms with van der Waals surface area (Å²) < 4.78 is 38.6. The number of sulfone groups is 1. The fourth-order valence-electron chi connectivity index (χ4n) is 6.10. The summed E-state index contributed by atoms with van der Waals surface area (Å²) in [4.78, 5) is 40.6. The van der Waals surface area contributed by atoms with Gasteiger partial charge in [-0.05, 0) is 88.4 Å². The Bertz CT molecular complexity index is 1630. The molecule has 1 fully saturated rings. The zero-order chi connectivity index (χ0) is 31.0. The maximum atomic E-state index is 14.3. The summed E-state index contributed by atoms with van der Waals surface area (Å²) >= 11 is 0. The number of amides is 2. The lowest BCUT2D eigenvalue weighted by molar-refractivity contribution is -0.135. The largest absolute Gasteiger partial charge is 0.343 e. The summed E-state index contributed by atoms with van der Waals surface area (Å²) in [5, 5.41) is 9.07. The molecule has 2 heterocycles. The third-order valence-corrected chi connectivity index (χ3v) is 11.1. The van der Waals surface area contributed by atoms with Crippen molar-refractivity contribution in [1.82, 2.24) is 20.4 Å². The van der Waals surface area contributed by atoms with Gasteiger partial charge in [-0.15, -0.1) is 0 Å². The van der Waals surface area contributed by atoms with Gasteiger partial charge in [0.15, 0.2) is 9.84 Å². The highest BCUT2D eigenvalue weighted by Crippen LogP contribution is 2.46. The van der Waals surface area contributed by atoms with Gasteiger partial charge in [-0.2, -0.15) is 5.10 Å². The Kier molecular flexibility index (Phi) is 8.64. The third-order valence-electron chi connectivity index (χ3n) is 8.89. The maximum absolute atomic E-state index is 14.3. The first kappa shape index (κ1) is 31.3. The van der Waals surface area contributed by atoms with E-state index in [-0.39, 0.29) is 12.1 Å². The maximum Gasteiger partial charge on any atom is 0.267 e. The van der Waals surface area contributed by atoms with Crippen molar-refractivity contribution in [3.05, 3.63) is 86.6 Å². The Morgan fingerprint density at radius 1 is 1.19 bits per heavy atom. The SMILES string of the molecule is Cc1cc(Cc2ccc(C(=O)NCC(=O)N3[C@H](C4(C)C=C(F)C=CC4)CC[C@@H]3C(C)(C)S(C)(=O)=O)cc2C)c(=O)[nH]n1. The van der Waals surface area contributed by atoms with Gasteiger partial charge in [-0.1, -0.05) is 19.1 Å². The fourth-order valence-corrected chi connectivity index (χ4v) is 6.82. The van der Waals surface area contributed by atoms with Crippen molar-refractivity contribution in [2.75, 3.05) is 12.8 Å². The second-order valence-electron chi connectivity index (χ2n) is 12.3. The second kappa shape index (κ2) is 11.6. The smallest absolute Gasteiger partial charge is 0.267 e. The number of likely N-dealkylation sites (tertiary alicyclic amines) is 1. The number of aromatic amines is 1. The Morgan fingerprint density at radius 3 is 2.55 bits per heavy atom. The molecule has 0 bridgehead atoms. The lowest BCUT2D eigenvalue weighted by atomic mass is 9.75. The monoisotopic (exact) mass is 598 g/mol. The van der Waals surface area contributed by atoms with Crippen LogP contribution >= 0.6 is 0 Å². The first-order chi connectivity index (χ1) is 19.5. The molecule has 2 aliphatic rings. The van der Waals surface area contributed by atoms with E-state index in [4.69, 9.17) is 0 Å². The van der Waals surface area contributed by atoms with Crippen LogP contribution in [-0.4, -0.2) is 65.0 Å². The number of aryl methyl sites for hydroxylation is 2. The summed E-state index contributed by atoms with van der Waals surface area (Å²) in [6.45, 7) is 8.39. The van der Waals surface area contributed by atoms with E-state index in [9.17, 15) is 27.2 Å². The molecule has 1 aromatic heterocycles. The van der Waals surface area contributed by atoms with Crippen molar-refractivity contribution in [3.63, 3.8) is 0 Å². The molecule has 1 aromatic carbocycles. The van der Waals surface area contributed by atoms with E-state index in [1.807, 2.05) is 13.8 Å². The first-order valence-electron chi connectivity index (χ1n) is 14.0. The van der Waals surface area contributed by atoms with E-state index in [0.717, 1.165) is 17.4 Å². The van der Waals surface area contributed by atoms with Gasteiger partial charge in [-0.25, -0.2) is 17.9 Å². The number of halogens is 1. The van der Waals surface area contributed by atoms with Crippen LogP contribution in [0, 0.1) is 19.3 Å². The summed E-state index contributed by atoms with van der Waals surface area (Å²) in [7, 11) is -3.56. The summed E-state index contributed by atoms with van der Waals surface area (Å²) in [5.41, 5.74) is 2.31. The first-order valence-corrected chi connectivity index (χ1v) is 15.9. The molecule has 2 amide bonds. The van der Waals surface area contributed by atoms with Crippen LogP contribution in [0.25, 0.3) is 0 Å². The lowest BCUT2D eigenvalue weighted by Gasteiger charge is -2.44. The number of nitrogens with zero attached hydrogens (tertiary/aromatic N) is 2. The molecular formula is C31H39FN4O5S. The number of aromatic nitrogens is 2. The van der Waals surface area contributed by atoms with E-state index in [1.165, 1.54) is 12.2 Å². The molecule has 226 valence electrons. The highest BCUT2D eigenvalue weighted by molar-refractivity contribution is 7.92. The molecule has 1 aliphatic carbocycles. The highest BCUT2D eigenvalue weighted by Gasteiger charge is 2.53. The van der Waals surface area contributed by atoms with Crippen LogP contribution in [-0.2, 0) is 21.1 Å². The number of carbonyl (C=O) groups is 2. The highest BCUT2D eigenvalue weighted by atomic mass is 32.2. The molecule has 1 aliphatic heterocycles. The molecule has 11 heteroatoms. The van der Waals surface area contributed by atoms with Crippen LogP contribution in [0.15, 0.2) is 53.1 Å². The minimum absolute atomic E-state index is 0.269. The van der Waals surface area contributed by atoms with E-state index < -0.39 is 49.7 Å². The van der Waals surface area contributed by atoms with Gasteiger partial charge in [0.25, 0.3) is 11.5 Å². The predicted octanol–water partition coefficient (Wildman–Crippen LogP) is 3.71. The van der Waals surface area contributed by atoms with Crippen molar-refractivity contribution in [1.29, 1.82) is 0 Å². The Hall–Kier alpha value is -3.60. The number of hydrogen-bond donors (Lipinski definition) is 2. The average molecular weight is 599 g/mol. The molecular weight excluding hydrogens is 559 g/mol. The Balaban J connectivity index is 1.53. The fraction of sp³-hybridized carbons (Fsp3) is 0.484. The predicted molar refractivity (Wildman–Crippen MR) is 160 cm³/mol. The lowest BCUT2D eigenvalue weighted by Crippen LogP contribution is -2.58. The van der Waals surface area contributed by atoms with Crippen molar-refractivity contribution in [2.24, 2.45) is 5.41 Å². The quantitative estimate of drug-likeness (QED) is 0.477. The number of nitrogens with one attached hydrogen (secondary N) is 2. The second-order valence-corrected chi connectivity index (χ2v) is 14.9. The van der Waals surface area contributed by atoms with Crippen LogP contribution in [0.5, 0.6) is 0 Å². The van der Waals surface area contributed by atoms with Crippen LogP contribution in [0.2, 0.25) is 0 Å². The molecule has 2 aromatic rings. The molecule has 9 nitrogen and oxygen atoms in total. The Morgan fingerprint density at radius 2 is 1.90 bits per heavy atom. The van der Waals surface area contributed by atoms with E-state index in [1.54, 1.807) is 56.0 Å². The summed E-state index contributed by atoms with van der Waals surface area (Å²) in [6.07, 6.45) is 7.63. The van der Waals surface area contributed by atoms with E-state index >= 15 is 0 Å². The third kappa shape index (κ3) is 6.25. The number of rotatable bonds is 8. The standard InChI is InChI=1S/C31H39FN4O5S/c1-19-14-22(10-9-21(19)16-23-15-20(2)34-35-29(23)39)28(38)33-18-27(37)36-25(30(3,4)42(6,40)41)11-12-26(36)31(5)13-7-8-24(32)17-31/h7-10,14-15,17,25-26H,11-13,16,18H2,1-6H3,(H,33,38)(H,35,39)/t25-,26+,31?/m1/s1. The van der Waals surface area contributed by atoms with Crippen molar-refractivity contribution in [3.8, 4) is 0 Å². The van der Waals surface area contributed by atoms with E-state index in [0.29, 0.717) is 42.5 Å². The van der Waals surface area contributed by atoms with Crippen LogP contribution in [0.4, 0.5) is 4.39 Å². The van der Waals surface area contributed by atoms with Gasteiger partial charge in [0.05, 0.1) is 23.0 Å². The topological polar surface area (TPSA) is 129 Å². The normalized spacial score (nSPS) is 22.6. The minimum atomic E-state index is -3.56. The zero-order valence-electron chi connectivity index (χ0n) is 25.0. The zero-order valence-corrected chi connectivity index (χ0v) is 25.8. The summed E-state index contributed by atoms with van der Waals surface area (Å²) in [6, 6.07) is 5.77. The average Bonchev–Trinajstić information content (AvgIpc) is 3.37. The molecule has 3 atom stereocenters. The Labute approximate surface area is 246 Å². The van der Waals surface area contributed by atoms with Gasteiger partial charge >= 0.3 is 0 Å². The number of carbonyl (C=O) groups excluding carboxylic acids is 2. The number of allylic oxidation sites excluding steroid dienone is 3. The van der Waals surface area contributed by atoms with Crippen molar-refractivity contribution >= 4 is 21.7 Å². The van der Waals surface area contributed by atoms with Crippen LogP contribution in [0.1, 0.15) is 72.8 Å². The van der Waals surface area contributed by atoms with Crippen LogP contribution < -0.4 is 10.9 Å². The number of benzene rings is 1. The molecule has 42 heavy (non-hydrogen) atoms. The molecule has 1 saturated heterocycles. The number of hydrogen-bond acceptors (Lipinski definition) is 6. The van der Waals surface area contributed by atoms with Crippen molar-refractivity contribution in [2.45, 2.75) is 77.1 Å². The summed E-state index contributed by atoms with van der Waals surface area (Å²) in [5.74, 6) is -1.27. The molecule has 0 radical (unpaired) electrons. The van der Waals surface area contributed by atoms with Gasteiger partial charge in [0.2, 0.25) is 5.91 Å². The molecule has 4 rings (SSSR count). The van der Waals surface area contributed by atoms with Crippen LogP contribution in [0.3, 0.4) is 0 Å². The molecule has 1 unspecified atom stereocenters. The molecule has 0 spiro atoms. The van der Waals surface area contributed by atoms with E-state index in [2.05, 4.69) is 15.5 Å².